The average Bonchev–Trinajstić information content (AvgIpc) is 3.04. The highest BCUT2D eigenvalue weighted by molar-refractivity contribution is 7.92. The van der Waals surface area contributed by atoms with E-state index in [1.54, 1.807) is 36.4 Å². The largest absolute Gasteiger partial charge is 0.284 e. The molecule has 29 heavy (non-hydrogen) atoms. The SMILES string of the molecule is CC(C)(C)C(=O)N1N=C(c2ccc(NS(C)(=O)=O)cc2)C[C@H]1c1cccc(F)c1. The van der Waals surface area contributed by atoms with Gasteiger partial charge in [0, 0.05) is 17.5 Å². The van der Waals surface area contributed by atoms with Crippen molar-refractivity contribution in [1.29, 1.82) is 0 Å². The van der Waals surface area contributed by atoms with Crippen molar-refractivity contribution < 1.29 is 17.6 Å². The summed E-state index contributed by atoms with van der Waals surface area (Å²) < 4.78 is 38.9. The van der Waals surface area contributed by atoms with Crippen LogP contribution in [0.4, 0.5) is 10.1 Å². The van der Waals surface area contributed by atoms with Gasteiger partial charge in [-0.2, -0.15) is 5.10 Å². The normalized spacial score (nSPS) is 17.2. The number of benzene rings is 2. The van der Waals surface area contributed by atoms with Gasteiger partial charge in [0.05, 0.1) is 18.0 Å². The fourth-order valence-electron chi connectivity index (χ4n) is 3.13. The second kappa shape index (κ2) is 7.59. The number of hydrogen-bond donors (Lipinski definition) is 1. The Labute approximate surface area is 170 Å². The Morgan fingerprint density at radius 1 is 1.17 bits per heavy atom. The molecule has 0 unspecified atom stereocenters. The van der Waals surface area contributed by atoms with Crippen LogP contribution in [-0.4, -0.2) is 31.3 Å². The van der Waals surface area contributed by atoms with Crippen molar-refractivity contribution in [2.24, 2.45) is 10.5 Å². The van der Waals surface area contributed by atoms with Gasteiger partial charge in [-0.25, -0.2) is 17.8 Å². The second-order valence-electron chi connectivity index (χ2n) is 8.17. The van der Waals surface area contributed by atoms with E-state index >= 15 is 0 Å². The van der Waals surface area contributed by atoms with Gasteiger partial charge in [-0.15, -0.1) is 0 Å². The fourth-order valence-corrected chi connectivity index (χ4v) is 3.70. The van der Waals surface area contributed by atoms with Crippen LogP contribution in [0.3, 0.4) is 0 Å². The molecule has 0 fully saturated rings. The van der Waals surface area contributed by atoms with Gasteiger partial charge in [0.1, 0.15) is 5.82 Å². The van der Waals surface area contributed by atoms with Crippen molar-refractivity contribution in [3.63, 3.8) is 0 Å². The first kappa shape index (κ1) is 21.0. The maximum atomic E-state index is 13.8. The minimum atomic E-state index is -3.36. The minimum Gasteiger partial charge on any atom is -0.284 e. The number of anilines is 1. The maximum Gasteiger partial charge on any atom is 0.248 e. The molecule has 2 aromatic rings. The van der Waals surface area contributed by atoms with E-state index in [0.717, 1.165) is 11.8 Å². The molecule has 0 aliphatic carbocycles. The topological polar surface area (TPSA) is 78.8 Å². The Bertz CT molecular complexity index is 1060. The number of nitrogens with one attached hydrogen (secondary N) is 1. The van der Waals surface area contributed by atoms with E-state index in [2.05, 4.69) is 9.82 Å². The van der Waals surface area contributed by atoms with Crippen LogP contribution in [0.25, 0.3) is 0 Å². The van der Waals surface area contributed by atoms with Crippen molar-refractivity contribution in [1.82, 2.24) is 5.01 Å². The van der Waals surface area contributed by atoms with Crippen LogP contribution >= 0.6 is 0 Å². The van der Waals surface area contributed by atoms with Crippen LogP contribution < -0.4 is 4.72 Å². The Hall–Kier alpha value is -2.74. The summed E-state index contributed by atoms with van der Waals surface area (Å²) in [5.74, 6) is -0.521. The molecule has 1 heterocycles. The van der Waals surface area contributed by atoms with E-state index in [1.807, 2.05) is 20.8 Å². The molecule has 6 nitrogen and oxygen atoms in total. The van der Waals surface area contributed by atoms with Crippen LogP contribution in [0.2, 0.25) is 0 Å². The fraction of sp³-hybridized carbons (Fsp3) is 0.333. The number of carbonyl (C=O) groups is 1. The number of rotatable bonds is 4. The van der Waals surface area contributed by atoms with Crippen LogP contribution in [-0.2, 0) is 14.8 Å². The molecule has 8 heteroatoms. The molecule has 1 N–H and O–H groups in total. The first-order valence-corrected chi connectivity index (χ1v) is 11.1. The quantitative estimate of drug-likeness (QED) is 0.819. The minimum absolute atomic E-state index is 0.155. The molecule has 3 rings (SSSR count). The van der Waals surface area contributed by atoms with E-state index in [-0.39, 0.29) is 11.7 Å². The van der Waals surface area contributed by atoms with Crippen molar-refractivity contribution in [2.45, 2.75) is 33.2 Å². The molecule has 0 radical (unpaired) electrons. The van der Waals surface area contributed by atoms with Crippen LogP contribution in [0, 0.1) is 11.2 Å². The van der Waals surface area contributed by atoms with E-state index in [0.29, 0.717) is 23.4 Å². The van der Waals surface area contributed by atoms with E-state index in [1.165, 1.54) is 17.1 Å². The third-order valence-electron chi connectivity index (χ3n) is 4.51. The molecule has 0 saturated heterocycles. The van der Waals surface area contributed by atoms with Gasteiger partial charge in [-0.1, -0.05) is 45.0 Å². The lowest BCUT2D eigenvalue weighted by atomic mass is 9.93. The molecule has 2 aromatic carbocycles. The van der Waals surface area contributed by atoms with Crippen molar-refractivity contribution >= 4 is 27.3 Å². The third kappa shape index (κ3) is 5.00. The molecule has 0 aromatic heterocycles. The lowest BCUT2D eigenvalue weighted by Crippen LogP contribution is -2.36. The van der Waals surface area contributed by atoms with Crippen molar-refractivity contribution in [3.8, 4) is 0 Å². The summed E-state index contributed by atoms with van der Waals surface area (Å²) in [6.07, 6.45) is 1.52. The van der Waals surface area contributed by atoms with Gasteiger partial charge in [0.2, 0.25) is 15.9 Å². The predicted molar refractivity (Wildman–Crippen MR) is 112 cm³/mol. The number of hydrazone groups is 1. The molecule has 1 aliphatic heterocycles. The van der Waals surface area contributed by atoms with Crippen molar-refractivity contribution in [2.75, 3.05) is 11.0 Å². The number of sulfonamides is 1. The number of nitrogens with zero attached hydrogens (tertiary/aromatic N) is 2. The third-order valence-corrected chi connectivity index (χ3v) is 5.12. The molecule has 0 saturated carbocycles. The lowest BCUT2D eigenvalue weighted by Gasteiger charge is -2.28. The highest BCUT2D eigenvalue weighted by Crippen LogP contribution is 2.36. The van der Waals surface area contributed by atoms with Gasteiger partial charge in [0.25, 0.3) is 0 Å². The molecule has 1 amide bonds. The van der Waals surface area contributed by atoms with Gasteiger partial charge in [-0.05, 0) is 35.4 Å². The van der Waals surface area contributed by atoms with Gasteiger partial charge in [0.15, 0.2) is 0 Å². The first-order valence-electron chi connectivity index (χ1n) is 9.19. The lowest BCUT2D eigenvalue weighted by molar-refractivity contribution is -0.141. The van der Waals surface area contributed by atoms with E-state index in [9.17, 15) is 17.6 Å². The highest BCUT2D eigenvalue weighted by atomic mass is 32.2. The molecule has 154 valence electrons. The van der Waals surface area contributed by atoms with Crippen molar-refractivity contribution in [3.05, 3.63) is 65.5 Å². The first-order chi connectivity index (χ1) is 13.4. The molecule has 0 bridgehead atoms. The summed E-state index contributed by atoms with van der Waals surface area (Å²) in [7, 11) is -3.36. The summed E-state index contributed by atoms with van der Waals surface area (Å²) in [4.78, 5) is 13.0. The Balaban J connectivity index is 1.94. The van der Waals surface area contributed by atoms with E-state index in [4.69, 9.17) is 0 Å². The Morgan fingerprint density at radius 3 is 2.38 bits per heavy atom. The van der Waals surface area contributed by atoms with Crippen LogP contribution in [0.15, 0.2) is 53.6 Å². The molecular weight excluding hydrogens is 393 g/mol. The predicted octanol–water partition coefficient (Wildman–Crippen LogP) is 3.92. The summed E-state index contributed by atoms with van der Waals surface area (Å²) >= 11 is 0. The van der Waals surface area contributed by atoms with E-state index < -0.39 is 21.5 Å². The number of carbonyl (C=O) groups excluding carboxylic acids is 1. The Morgan fingerprint density at radius 2 is 1.83 bits per heavy atom. The van der Waals surface area contributed by atoms with Crippen LogP contribution in [0.5, 0.6) is 0 Å². The summed E-state index contributed by atoms with van der Waals surface area (Å²) in [5, 5.41) is 5.99. The molecule has 0 spiro atoms. The summed E-state index contributed by atoms with van der Waals surface area (Å²) in [6.45, 7) is 5.45. The van der Waals surface area contributed by atoms with Gasteiger partial charge < -0.3 is 0 Å². The maximum absolute atomic E-state index is 13.8. The number of halogens is 1. The number of hydrogen-bond acceptors (Lipinski definition) is 4. The standard InChI is InChI=1S/C21H24FN3O3S/c1-21(2,3)20(26)25-19(15-6-5-7-16(22)12-15)13-18(23-25)14-8-10-17(11-9-14)24-29(4,27)28/h5-12,19,24H,13H2,1-4H3/t19-/m0/s1. The molecule has 1 atom stereocenters. The molecule has 1 aliphatic rings. The Kier molecular flexibility index (Phi) is 5.49. The van der Waals surface area contributed by atoms with Gasteiger partial charge in [-0.3, -0.25) is 9.52 Å². The highest BCUT2D eigenvalue weighted by Gasteiger charge is 2.38. The molecular formula is C21H24FN3O3S. The smallest absolute Gasteiger partial charge is 0.248 e. The zero-order valence-electron chi connectivity index (χ0n) is 16.8. The van der Waals surface area contributed by atoms with Crippen LogP contribution in [0.1, 0.15) is 44.4 Å². The second-order valence-corrected chi connectivity index (χ2v) is 9.92. The zero-order chi connectivity index (χ0) is 21.4. The zero-order valence-corrected chi connectivity index (χ0v) is 17.6. The summed E-state index contributed by atoms with van der Waals surface area (Å²) in [6, 6.07) is 12.6. The number of amides is 1. The average molecular weight is 418 g/mol. The summed E-state index contributed by atoms with van der Waals surface area (Å²) in [5.41, 5.74) is 1.93. The van der Waals surface area contributed by atoms with Gasteiger partial charge >= 0.3 is 0 Å². The monoisotopic (exact) mass is 417 g/mol.